The summed E-state index contributed by atoms with van der Waals surface area (Å²) in [5, 5.41) is 19.0. The Bertz CT molecular complexity index is 440. The second-order valence-electron chi connectivity index (χ2n) is 3.10. The van der Waals surface area contributed by atoms with Gasteiger partial charge in [0.1, 0.15) is 0 Å². The third-order valence-electron chi connectivity index (χ3n) is 2.31. The molecular weight excluding hydrogens is 316 g/mol. The highest BCUT2D eigenvalue weighted by molar-refractivity contribution is 9.11. The van der Waals surface area contributed by atoms with Gasteiger partial charge >= 0.3 is 0 Å². The van der Waals surface area contributed by atoms with Crippen molar-refractivity contribution in [3.05, 3.63) is 20.1 Å². The first-order valence-corrected chi connectivity index (χ1v) is 5.57. The van der Waals surface area contributed by atoms with E-state index in [4.69, 9.17) is 0 Å². The molecule has 0 aromatic heterocycles. The first kappa shape index (κ1) is 9.98. The lowest BCUT2D eigenvalue weighted by Crippen LogP contribution is -1.94. The summed E-state index contributed by atoms with van der Waals surface area (Å²) in [6.45, 7) is 0. The summed E-state index contributed by atoms with van der Waals surface area (Å²) in [7, 11) is 0. The standard InChI is InChI=1S/C9H6Br2O3/c10-6-3-1-2-4(12)5(3)7(11)9(14)8(6)13/h13-14H,1-2H2. The molecule has 5 heteroatoms. The van der Waals surface area contributed by atoms with Gasteiger partial charge in [0.15, 0.2) is 17.3 Å². The number of ketones is 1. The molecule has 1 aromatic carbocycles. The number of carbonyl (C=O) groups is 1. The molecule has 0 atom stereocenters. The highest BCUT2D eigenvalue weighted by Crippen LogP contribution is 2.47. The van der Waals surface area contributed by atoms with Crippen LogP contribution < -0.4 is 0 Å². The Morgan fingerprint density at radius 3 is 2.21 bits per heavy atom. The second-order valence-corrected chi connectivity index (χ2v) is 4.69. The van der Waals surface area contributed by atoms with Crippen LogP contribution in [0, 0.1) is 0 Å². The van der Waals surface area contributed by atoms with E-state index in [-0.39, 0.29) is 21.8 Å². The van der Waals surface area contributed by atoms with Crippen molar-refractivity contribution in [3.63, 3.8) is 0 Å². The molecule has 74 valence electrons. The lowest BCUT2D eigenvalue weighted by molar-refractivity contribution is 0.0993. The molecule has 0 bridgehead atoms. The Hall–Kier alpha value is -0.550. The molecule has 0 heterocycles. The summed E-state index contributed by atoms with van der Waals surface area (Å²) < 4.78 is 0.703. The Balaban J connectivity index is 2.84. The highest BCUT2D eigenvalue weighted by Gasteiger charge is 2.29. The van der Waals surface area contributed by atoms with Gasteiger partial charge in [-0.2, -0.15) is 0 Å². The fraction of sp³-hybridized carbons (Fsp3) is 0.222. The first-order valence-electron chi connectivity index (χ1n) is 3.99. The lowest BCUT2D eigenvalue weighted by Gasteiger charge is -2.09. The molecule has 1 aromatic rings. The van der Waals surface area contributed by atoms with E-state index in [0.717, 1.165) is 5.56 Å². The van der Waals surface area contributed by atoms with E-state index in [1.165, 1.54) is 0 Å². The third-order valence-corrected chi connectivity index (χ3v) is 3.93. The van der Waals surface area contributed by atoms with E-state index < -0.39 is 0 Å². The summed E-state index contributed by atoms with van der Waals surface area (Å²) in [6, 6.07) is 0. The number of phenols is 2. The van der Waals surface area contributed by atoms with Crippen molar-refractivity contribution < 1.29 is 15.0 Å². The van der Waals surface area contributed by atoms with Crippen molar-refractivity contribution in [2.24, 2.45) is 0 Å². The van der Waals surface area contributed by atoms with Gasteiger partial charge in [0.05, 0.1) is 8.95 Å². The third kappa shape index (κ3) is 1.19. The molecule has 0 unspecified atom stereocenters. The Kier molecular flexibility index (Phi) is 2.31. The maximum atomic E-state index is 11.5. The topological polar surface area (TPSA) is 57.5 Å². The van der Waals surface area contributed by atoms with Crippen molar-refractivity contribution in [2.45, 2.75) is 12.8 Å². The molecule has 0 saturated heterocycles. The number of fused-ring (bicyclic) bond motifs is 1. The summed E-state index contributed by atoms with van der Waals surface area (Å²) in [4.78, 5) is 11.5. The molecule has 14 heavy (non-hydrogen) atoms. The predicted octanol–water partition coefficient (Wildman–Crippen LogP) is 2.75. The first-order chi connectivity index (χ1) is 6.54. The Labute approximate surface area is 97.0 Å². The van der Waals surface area contributed by atoms with Crippen LogP contribution in [0.3, 0.4) is 0 Å². The van der Waals surface area contributed by atoms with Gasteiger partial charge in [-0.05, 0) is 43.8 Å². The molecule has 2 rings (SSSR count). The van der Waals surface area contributed by atoms with Gasteiger partial charge in [-0.15, -0.1) is 0 Å². The average Bonchev–Trinajstić information content (AvgIpc) is 2.54. The molecule has 3 nitrogen and oxygen atoms in total. The monoisotopic (exact) mass is 320 g/mol. The van der Waals surface area contributed by atoms with E-state index in [1.807, 2.05) is 0 Å². The van der Waals surface area contributed by atoms with E-state index in [0.29, 0.717) is 22.9 Å². The maximum absolute atomic E-state index is 11.5. The predicted molar refractivity (Wildman–Crippen MR) is 57.8 cm³/mol. The molecule has 0 aliphatic heterocycles. The molecule has 1 aliphatic rings. The Morgan fingerprint density at radius 1 is 1.00 bits per heavy atom. The summed E-state index contributed by atoms with van der Waals surface area (Å²) in [6.07, 6.45) is 1.02. The van der Waals surface area contributed by atoms with E-state index in [2.05, 4.69) is 31.9 Å². The van der Waals surface area contributed by atoms with Crippen molar-refractivity contribution in [1.82, 2.24) is 0 Å². The average molecular weight is 322 g/mol. The fourth-order valence-corrected chi connectivity index (χ4v) is 2.83. The number of halogens is 2. The van der Waals surface area contributed by atoms with E-state index >= 15 is 0 Å². The minimum absolute atomic E-state index is 0.0112. The molecule has 0 amide bonds. The largest absolute Gasteiger partial charge is 0.503 e. The van der Waals surface area contributed by atoms with E-state index in [1.54, 1.807) is 0 Å². The van der Waals surface area contributed by atoms with Gasteiger partial charge in [0.25, 0.3) is 0 Å². The van der Waals surface area contributed by atoms with Crippen LogP contribution in [0.15, 0.2) is 8.95 Å². The lowest BCUT2D eigenvalue weighted by atomic mass is 10.1. The molecule has 1 aliphatic carbocycles. The number of rotatable bonds is 0. The van der Waals surface area contributed by atoms with Crippen molar-refractivity contribution >= 4 is 37.6 Å². The number of hydrogen-bond donors (Lipinski definition) is 2. The quantitative estimate of drug-likeness (QED) is 0.722. The number of carbonyl (C=O) groups excluding carboxylic acids is 1. The number of benzene rings is 1. The zero-order chi connectivity index (χ0) is 10.5. The normalized spacial score (nSPS) is 14.6. The van der Waals surface area contributed by atoms with Crippen LogP contribution in [0.2, 0.25) is 0 Å². The summed E-state index contributed by atoms with van der Waals surface area (Å²) in [5.41, 5.74) is 1.24. The number of aromatic hydroxyl groups is 2. The zero-order valence-corrected chi connectivity index (χ0v) is 10.1. The van der Waals surface area contributed by atoms with Crippen LogP contribution in [-0.2, 0) is 6.42 Å². The molecule has 2 N–H and O–H groups in total. The fourth-order valence-electron chi connectivity index (χ4n) is 1.60. The van der Waals surface area contributed by atoms with Crippen molar-refractivity contribution in [2.75, 3.05) is 0 Å². The van der Waals surface area contributed by atoms with Gasteiger partial charge in [-0.1, -0.05) is 0 Å². The van der Waals surface area contributed by atoms with Crippen molar-refractivity contribution in [1.29, 1.82) is 0 Å². The number of phenolic OH excluding ortho intramolecular Hbond substituents is 2. The van der Waals surface area contributed by atoms with Gasteiger partial charge < -0.3 is 10.2 Å². The molecule has 0 saturated carbocycles. The number of hydrogen-bond acceptors (Lipinski definition) is 3. The minimum atomic E-state index is -0.286. The molecular formula is C9H6Br2O3. The number of Topliss-reactive ketones (excluding diaryl/α,β-unsaturated/α-hetero) is 1. The molecule has 0 radical (unpaired) electrons. The van der Waals surface area contributed by atoms with Crippen LogP contribution in [0.25, 0.3) is 0 Å². The van der Waals surface area contributed by atoms with Gasteiger partial charge in [0, 0.05) is 12.0 Å². The Morgan fingerprint density at radius 2 is 1.57 bits per heavy atom. The summed E-state index contributed by atoms with van der Waals surface area (Å²) in [5.74, 6) is -0.515. The molecule has 0 spiro atoms. The summed E-state index contributed by atoms with van der Waals surface area (Å²) >= 11 is 6.27. The van der Waals surface area contributed by atoms with Gasteiger partial charge in [-0.3, -0.25) is 4.79 Å². The van der Waals surface area contributed by atoms with Crippen LogP contribution in [0.1, 0.15) is 22.3 Å². The van der Waals surface area contributed by atoms with Crippen molar-refractivity contribution in [3.8, 4) is 11.5 Å². The highest BCUT2D eigenvalue weighted by atomic mass is 79.9. The zero-order valence-electron chi connectivity index (χ0n) is 6.97. The van der Waals surface area contributed by atoms with Crippen LogP contribution in [0.4, 0.5) is 0 Å². The van der Waals surface area contributed by atoms with E-state index in [9.17, 15) is 15.0 Å². The van der Waals surface area contributed by atoms with Gasteiger partial charge in [0.2, 0.25) is 0 Å². The van der Waals surface area contributed by atoms with Crippen LogP contribution >= 0.6 is 31.9 Å². The van der Waals surface area contributed by atoms with Crippen LogP contribution in [-0.4, -0.2) is 16.0 Å². The smallest absolute Gasteiger partial charge is 0.173 e. The SMILES string of the molecule is O=C1CCc2c(Br)c(O)c(O)c(Br)c21. The second kappa shape index (κ2) is 3.24. The van der Waals surface area contributed by atoms with Gasteiger partial charge in [-0.25, -0.2) is 0 Å². The molecule has 0 fully saturated rings. The minimum Gasteiger partial charge on any atom is -0.503 e. The maximum Gasteiger partial charge on any atom is 0.173 e. The van der Waals surface area contributed by atoms with Crippen LogP contribution in [0.5, 0.6) is 11.5 Å².